The molecule has 0 aromatic rings. The van der Waals surface area contributed by atoms with Crippen molar-refractivity contribution < 1.29 is 19.8 Å². The van der Waals surface area contributed by atoms with Gasteiger partial charge in [-0.3, -0.25) is 9.59 Å². The number of aliphatic hydroxyl groups is 1. The van der Waals surface area contributed by atoms with E-state index in [1.54, 1.807) is 6.08 Å². The lowest BCUT2D eigenvalue weighted by Crippen LogP contribution is -2.53. The standard InChI is InChI=1S/C15H26N2O4S/c1-14(2)11(15(3,4)22-14)6-5-9(8-18)17-13(21)10(16)7-12(19)20/h5-6,9-11,18H,7-8,16H2,1-4H3,(H,17,21)(H,19,20)/b6-5+/t9?,10-/m0/s1. The van der Waals surface area contributed by atoms with Gasteiger partial charge in [0.15, 0.2) is 0 Å². The van der Waals surface area contributed by atoms with Crippen molar-refractivity contribution in [2.75, 3.05) is 6.61 Å². The number of carboxylic acid groups (broad SMARTS) is 1. The monoisotopic (exact) mass is 330 g/mol. The molecule has 5 N–H and O–H groups in total. The summed E-state index contributed by atoms with van der Waals surface area (Å²) in [5, 5.41) is 20.6. The number of hydrogen-bond donors (Lipinski definition) is 4. The molecule has 1 aliphatic rings. The minimum atomic E-state index is -1.13. The fourth-order valence-corrected chi connectivity index (χ4v) is 5.19. The highest BCUT2D eigenvalue weighted by Gasteiger charge is 2.52. The van der Waals surface area contributed by atoms with Crippen molar-refractivity contribution in [2.24, 2.45) is 11.7 Å². The SMILES string of the molecule is CC1(C)SC(C)(C)C1/C=C/C(CO)NC(=O)[C@@H](N)CC(=O)O. The maximum Gasteiger partial charge on any atom is 0.305 e. The largest absolute Gasteiger partial charge is 0.481 e. The van der Waals surface area contributed by atoms with Crippen LogP contribution in [0.15, 0.2) is 12.2 Å². The van der Waals surface area contributed by atoms with E-state index in [1.165, 1.54) is 0 Å². The molecular weight excluding hydrogens is 304 g/mol. The van der Waals surface area contributed by atoms with Crippen LogP contribution in [0.1, 0.15) is 34.1 Å². The van der Waals surface area contributed by atoms with Crippen LogP contribution in [0, 0.1) is 5.92 Å². The van der Waals surface area contributed by atoms with E-state index in [2.05, 4.69) is 33.0 Å². The van der Waals surface area contributed by atoms with E-state index in [1.807, 2.05) is 17.8 Å². The van der Waals surface area contributed by atoms with Crippen LogP contribution in [0.2, 0.25) is 0 Å². The van der Waals surface area contributed by atoms with Gasteiger partial charge in [0.2, 0.25) is 5.91 Å². The van der Waals surface area contributed by atoms with Crippen LogP contribution in [0.25, 0.3) is 0 Å². The molecule has 0 bridgehead atoms. The third-order valence-electron chi connectivity index (χ3n) is 3.82. The molecule has 0 aliphatic carbocycles. The summed E-state index contributed by atoms with van der Waals surface area (Å²) in [5.74, 6) is -1.38. The molecule has 7 heteroatoms. The van der Waals surface area contributed by atoms with Crippen LogP contribution in [-0.4, -0.2) is 50.3 Å². The minimum Gasteiger partial charge on any atom is -0.481 e. The Kier molecular flexibility index (Phi) is 6.06. The Balaban J connectivity index is 2.63. The second-order valence-electron chi connectivity index (χ2n) is 6.67. The van der Waals surface area contributed by atoms with Crippen molar-refractivity contribution in [2.45, 2.75) is 55.7 Å². The maximum atomic E-state index is 11.8. The Labute approximate surface area is 135 Å². The van der Waals surface area contributed by atoms with Crippen LogP contribution in [-0.2, 0) is 9.59 Å². The lowest BCUT2D eigenvalue weighted by atomic mass is 9.81. The van der Waals surface area contributed by atoms with Gasteiger partial charge in [-0.15, -0.1) is 11.8 Å². The zero-order valence-corrected chi connectivity index (χ0v) is 14.3. The number of hydrogen-bond acceptors (Lipinski definition) is 5. The molecule has 22 heavy (non-hydrogen) atoms. The Morgan fingerprint density at radius 1 is 1.32 bits per heavy atom. The van der Waals surface area contributed by atoms with Gasteiger partial charge in [0.25, 0.3) is 0 Å². The molecular formula is C15H26N2O4S. The van der Waals surface area contributed by atoms with Gasteiger partial charge >= 0.3 is 5.97 Å². The number of allylic oxidation sites excluding steroid dienone is 1. The summed E-state index contributed by atoms with van der Waals surface area (Å²) in [6.07, 6.45) is 3.34. The highest BCUT2D eigenvalue weighted by molar-refractivity contribution is 8.03. The number of carbonyl (C=O) groups excluding carboxylic acids is 1. The van der Waals surface area contributed by atoms with Gasteiger partial charge in [-0.2, -0.15) is 0 Å². The van der Waals surface area contributed by atoms with Gasteiger partial charge in [-0.05, 0) is 0 Å². The second kappa shape index (κ2) is 7.02. The van der Waals surface area contributed by atoms with Crippen molar-refractivity contribution in [3.05, 3.63) is 12.2 Å². The topological polar surface area (TPSA) is 113 Å². The van der Waals surface area contributed by atoms with Gasteiger partial charge < -0.3 is 21.3 Å². The lowest BCUT2D eigenvalue weighted by molar-refractivity contribution is -0.139. The molecule has 126 valence electrons. The molecule has 0 aromatic heterocycles. The van der Waals surface area contributed by atoms with Gasteiger partial charge in [-0.25, -0.2) is 0 Å². The molecule has 0 spiro atoms. The summed E-state index contributed by atoms with van der Waals surface area (Å²) in [5.41, 5.74) is 5.50. The summed E-state index contributed by atoms with van der Waals surface area (Å²) >= 11 is 1.89. The normalized spacial score (nSPS) is 22.8. The second-order valence-corrected chi connectivity index (χ2v) is 8.98. The summed E-state index contributed by atoms with van der Waals surface area (Å²) in [4.78, 5) is 22.3. The van der Waals surface area contributed by atoms with E-state index in [4.69, 9.17) is 10.8 Å². The number of rotatable bonds is 7. The summed E-state index contributed by atoms with van der Waals surface area (Å²) in [6.45, 7) is 8.38. The Morgan fingerprint density at radius 2 is 1.86 bits per heavy atom. The van der Waals surface area contributed by atoms with Crippen molar-refractivity contribution in [3.8, 4) is 0 Å². The Bertz CT molecular complexity index is 448. The predicted molar refractivity (Wildman–Crippen MR) is 87.6 cm³/mol. The fourth-order valence-electron chi connectivity index (χ4n) is 3.02. The number of amides is 1. The first-order valence-electron chi connectivity index (χ1n) is 7.26. The first-order chi connectivity index (χ1) is 9.99. The van der Waals surface area contributed by atoms with Gasteiger partial charge in [0, 0.05) is 15.4 Å². The van der Waals surface area contributed by atoms with Crippen LogP contribution >= 0.6 is 11.8 Å². The van der Waals surface area contributed by atoms with E-state index < -0.39 is 30.4 Å². The highest BCUT2D eigenvalue weighted by Crippen LogP contribution is 2.59. The van der Waals surface area contributed by atoms with E-state index in [9.17, 15) is 14.7 Å². The van der Waals surface area contributed by atoms with Crippen molar-refractivity contribution in [1.82, 2.24) is 5.32 Å². The molecule has 1 heterocycles. The van der Waals surface area contributed by atoms with Crippen molar-refractivity contribution in [3.63, 3.8) is 0 Å². The lowest BCUT2D eigenvalue weighted by Gasteiger charge is -2.56. The van der Waals surface area contributed by atoms with Gasteiger partial charge in [0.1, 0.15) is 0 Å². The predicted octanol–water partition coefficient (Wildman–Crippen LogP) is 0.742. The van der Waals surface area contributed by atoms with Crippen LogP contribution < -0.4 is 11.1 Å². The van der Waals surface area contributed by atoms with E-state index in [0.29, 0.717) is 5.92 Å². The van der Waals surface area contributed by atoms with Crippen LogP contribution in [0.3, 0.4) is 0 Å². The molecule has 0 aromatic carbocycles. The van der Waals surface area contributed by atoms with E-state index >= 15 is 0 Å². The van der Waals surface area contributed by atoms with Crippen molar-refractivity contribution in [1.29, 1.82) is 0 Å². The number of aliphatic carboxylic acids is 1. The third kappa shape index (κ3) is 4.72. The molecule has 1 rings (SSSR count). The van der Waals surface area contributed by atoms with Crippen molar-refractivity contribution >= 4 is 23.6 Å². The van der Waals surface area contributed by atoms with Gasteiger partial charge in [0.05, 0.1) is 25.1 Å². The van der Waals surface area contributed by atoms with Crippen LogP contribution in [0.4, 0.5) is 0 Å². The van der Waals surface area contributed by atoms with E-state index in [-0.39, 0.29) is 16.1 Å². The average molecular weight is 330 g/mol. The number of aliphatic hydroxyl groups excluding tert-OH is 1. The van der Waals surface area contributed by atoms with Crippen LogP contribution in [0.5, 0.6) is 0 Å². The number of carboxylic acids is 1. The molecule has 1 unspecified atom stereocenters. The average Bonchev–Trinajstić information content (AvgIpc) is 2.34. The first-order valence-corrected chi connectivity index (χ1v) is 8.08. The smallest absolute Gasteiger partial charge is 0.305 e. The molecule has 1 amide bonds. The molecule has 2 atom stereocenters. The number of thioether (sulfide) groups is 1. The molecule has 6 nitrogen and oxygen atoms in total. The number of carbonyl (C=O) groups is 2. The minimum absolute atomic E-state index is 0.115. The summed E-state index contributed by atoms with van der Waals surface area (Å²) in [6, 6.07) is -1.68. The number of nitrogens with two attached hydrogens (primary N) is 1. The molecule has 1 fully saturated rings. The molecule has 0 saturated carbocycles. The zero-order chi connectivity index (χ0) is 17.1. The zero-order valence-electron chi connectivity index (χ0n) is 13.5. The molecule has 0 radical (unpaired) electrons. The number of nitrogens with one attached hydrogen (secondary N) is 1. The highest BCUT2D eigenvalue weighted by atomic mass is 32.2. The Hall–Kier alpha value is -1.05. The first kappa shape index (κ1) is 19.0. The molecule has 1 aliphatic heterocycles. The maximum absolute atomic E-state index is 11.8. The third-order valence-corrected chi connectivity index (χ3v) is 5.38. The summed E-state index contributed by atoms with van der Waals surface area (Å²) in [7, 11) is 0. The fraction of sp³-hybridized carbons (Fsp3) is 0.733. The Morgan fingerprint density at radius 3 is 2.27 bits per heavy atom. The summed E-state index contributed by atoms with van der Waals surface area (Å²) < 4.78 is 0.230. The van der Waals surface area contributed by atoms with E-state index in [0.717, 1.165) is 0 Å². The molecule has 1 saturated heterocycles. The van der Waals surface area contributed by atoms with Gasteiger partial charge in [-0.1, -0.05) is 39.8 Å². The quantitative estimate of drug-likeness (QED) is 0.512.